The lowest BCUT2D eigenvalue weighted by Crippen LogP contribution is -2.30. The molecular weight excluding hydrogens is 204 g/mol. The van der Waals surface area contributed by atoms with Gasteiger partial charge in [0, 0.05) is 0 Å². The maximum absolute atomic E-state index is 10.5. The van der Waals surface area contributed by atoms with Gasteiger partial charge in [0.25, 0.3) is 0 Å². The predicted molar refractivity (Wildman–Crippen MR) is 65.6 cm³/mol. The van der Waals surface area contributed by atoms with E-state index in [4.69, 9.17) is 9.84 Å². The van der Waals surface area contributed by atoms with E-state index in [-0.39, 0.29) is 18.1 Å². The van der Waals surface area contributed by atoms with Gasteiger partial charge in [-0.05, 0) is 27.2 Å². The summed E-state index contributed by atoms with van der Waals surface area (Å²) in [6.45, 7) is 8.09. The number of hydrogen-bond donors (Lipinski definition) is 1. The monoisotopic (exact) mass is 230 g/mol. The molecule has 0 bridgehead atoms. The molecule has 0 aliphatic carbocycles. The Morgan fingerprint density at radius 1 is 1.31 bits per heavy atom. The van der Waals surface area contributed by atoms with E-state index in [0.717, 1.165) is 12.8 Å². The molecule has 3 nitrogen and oxygen atoms in total. The second kappa shape index (κ2) is 7.66. The minimum atomic E-state index is -0.797. The Hall–Kier alpha value is -0.570. The van der Waals surface area contributed by atoms with Crippen molar-refractivity contribution in [3.63, 3.8) is 0 Å². The zero-order valence-electron chi connectivity index (χ0n) is 11.1. The minimum Gasteiger partial charge on any atom is -0.481 e. The molecule has 0 heterocycles. The Balaban J connectivity index is 3.79. The highest BCUT2D eigenvalue weighted by molar-refractivity contribution is 5.67. The van der Waals surface area contributed by atoms with E-state index >= 15 is 0 Å². The van der Waals surface area contributed by atoms with E-state index in [0.29, 0.717) is 0 Å². The topological polar surface area (TPSA) is 46.5 Å². The van der Waals surface area contributed by atoms with E-state index in [2.05, 4.69) is 6.92 Å². The van der Waals surface area contributed by atoms with Crippen LogP contribution < -0.4 is 0 Å². The van der Waals surface area contributed by atoms with Crippen LogP contribution in [0.4, 0.5) is 0 Å². The highest BCUT2D eigenvalue weighted by atomic mass is 16.5. The molecule has 0 aromatic rings. The standard InChI is InChI=1S/C13H26O3/c1-5-6-7-8-9-13(3,4)16-11(2)10-12(14)15/h11H,5-10H2,1-4H3,(H,14,15). The Bertz CT molecular complexity index is 199. The normalized spacial score (nSPS) is 13.8. The average Bonchev–Trinajstić information content (AvgIpc) is 2.10. The molecule has 0 fully saturated rings. The van der Waals surface area contributed by atoms with Gasteiger partial charge in [-0.3, -0.25) is 4.79 Å². The second-order valence-electron chi connectivity index (χ2n) is 5.10. The van der Waals surface area contributed by atoms with Gasteiger partial charge in [-0.1, -0.05) is 32.6 Å². The molecule has 3 heteroatoms. The highest BCUT2D eigenvalue weighted by Gasteiger charge is 2.22. The molecule has 0 spiro atoms. The van der Waals surface area contributed by atoms with E-state index in [9.17, 15) is 4.79 Å². The number of ether oxygens (including phenoxy) is 1. The maximum Gasteiger partial charge on any atom is 0.305 e. The summed E-state index contributed by atoms with van der Waals surface area (Å²) in [5, 5.41) is 8.65. The van der Waals surface area contributed by atoms with Crippen LogP contribution in [0.5, 0.6) is 0 Å². The number of unbranched alkanes of at least 4 members (excludes halogenated alkanes) is 3. The SMILES string of the molecule is CCCCCCC(C)(C)OC(C)CC(=O)O. The van der Waals surface area contributed by atoms with Crippen LogP contribution in [0.2, 0.25) is 0 Å². The third kappa shape index (κ3) is 8.72. The van der Waals surface area contributed by atoms with Gasteiger partial charge in [-0.25, -0.2) is 0 Å². The average molecular weight is 230 g/mol. The smallest absolute Gasteiger partial charge is 0.305 e. The number of aliphatic carboxylic acids is 1. The molecule has 0 aliphatic rings. The van der Waals surface area contributed by atoms with E-state index in [1.807, 2.05) is 20.8 Å². The summed E-state index contributed by atoms with van der Waals surface area (Å²) in [7, 11) is 0. The van der Waals surface area contributed by atoms with Crippen LogP contribution in [0, 0.1) is 0 Å². The van der Waals surface area contributed by atoms with Crippen molar-refractivity contribution in [3.05, 3.63) is 0 Å². The largest absolute Gasteiger partial charge is 0.481 e. The lowest BCUT2D eigenvalue weighted by molar-refractivity contribution is -0.143. The molecular formula is C13H26O3. The fourth-order valence-electron chi connectivity index (χ4n) is 1.87. The van der Waals surface area contributed by atoms with Crippen LogP contribution in [-0.2, 0) is 9.53 Å². The van der Waals surface area contributed by atoms with Gasteiger partial charge < -0.3 is 9.84 Å². The van der Waals surface area contributed by atoms with Crippen molar-refractivity contribution < 1.29 is 14.6 Å². The Morgan fingerprint density at radius 3 is 2.44 bits per heavy atom. The van der Waals surface area contributed by atoms with Crippen LogP contribution in [-0.4, -0.2) is 22.8 Å². The van der Waals surface area contributed by atoms with Gasteiger partial charge in [0.2, 0.25) is 0 Å². The zero-order chi connectivity index (χ0) is 12.6. The van der Waals surface area contributed by atoms with Crippen molar-refractivity contribution in [1.82, 2.24) is 0 Å². The van der Waals surface area contributed by atoms with Gasteiger partial charge in [0.15, 0.2) is 0 Å². The van der Waals surface area contributed by atoms with Crippen molar-refractivity contribution in [2.75, 3.05) is 0 Å². The van der Waals surface area contributed by atoms with Crippen molar-refractivity contribution in [2.24, 2.45) is 0 Å². The quantitative estimate of drug-likeness (QED) is 0.615. The maximum atomic E-state index is 10.5. The number of carbonyl (C=O) groups is 1. The molecule has 0 aromatic carbocycles. The number of hydrogen-bond acceptors (Lipinski definition) is 2. The third-order valence-electron chi connectivity index (χ3n) is 2.61. The summed E-state index contributed by atoms with van der Waals surface area (Å²) in [5.74, 6) is -0.797. The Kier molecular flexibility index (Phi) is 7.39. The predicted octanol–water partition coefficient (Wildman–Crippen LogP) is 3.62. The van der Waals surface area contributed by atoms with Crippen LogP contribution in [0.3, 0.4) is 0 Å². The van der Waals surface area contributed by atoms with Crippen molar-refractivity contribution in [2.45, 2.75) is 77.9 Å². The molecule has 0 aromatic heterocycles. The molecule has 0 saturated heterocycles. The molecule has 1 N–H and O–H groups in total. The number of rotatable bonds is 9. The summed E-state index contributed by atoms with van der Waals surface area (Å²) in [6.07, 6.45) is 5.75. The summed E-state index contributed by atoms with van der Waals surface area (Å²) >= 11 is 0. The second-order valence-corrected chi connectivity index (χ2v) is 5.10. The molecule has 0 rings (SSSR count). The first-order chi connectivity index (χ1) is 7.37. The van der Waals surface area contributed by atoms with E-state index in [1.54, 1.807) is 0 Å². The molecule has 0 radical (unpaired) electrons. The van der Waals surface area contributed by atoms with Crippen LogP contribution >= 0.6 is 0 Å². The molecule has 1 atom stereocenters. The Labute approximate surface area is 99.2 Å². The van der Waals surface area contributed by atoms with Gasteiger partial charge in [-0.2, -0.15) is 0 Å². The van der Waals surface area contributed by atoms with Crippen LogP contribution in [0.15, 0.2) is 0 Å². The summed E-state index contributed by atoms with van der Waals surface area (Å²) < 4.78 is 5.75. The van der Waals surface area contributed by atoms with Crippen LogP contribution in [0.25, 0.3) is 0 Å². The third-order valence-corrected chi connectivity index (χ3v) is 2.61. The van der Waals surface area contributed by atoms with Gasteiger partial charge in [0.1, 0.15) is 0 Å². The van der Waals surface area contributed by atoms with E-state index < -0.39 is 5.97 Å². The molecule has 96 valence electrons. The van der Waals surface area contributed by atoms with E-state index in [1.165, 1.54) is 19.3 Å². The molecule has 0 saturated carbocycles. The lowest BCUT2D eigenvalue weighted by atomic mass is 9.99. The van der Waals surface area contributed by atoms with Gasteiger partial charge >= 0.3 is 5.97 Å². The highest BCUT2D eigenvalue weighted by Crippen LogP contribution is 2.21. The first-order valence-corrected chi connectivity index (χ1v) is 6.27. The fourth-order valence-corrected chi connectivity index (χ4v) is 1.87. The van der Waals surface area contributed by atoms with Gasteiger partial charge in [0.05, 0.1) is 18.1 Å². The number of carboxylic acids is 1. The summed E-state index contributed by atoms with van der Waals surface area (Å²) in [5.41, 5.74) is -0.206. The zero-order valence-corrected chi connectivity index (χ0v) is 11.1. The van der Waals surface area contributed by atoms with Crippen molar-refractivity contribution in [3.8, 4) is 0 Å². The Morgan fingerprint density at radius 2 is 1.94 bits per heavy atom. The molecule has 0 amide bonds. The lowest BCUT2D eigenvalue weighted by Gasteiger charge is -2.28. The fraction of sp³-hybridized carbons (Fsp3) is 0.923. The molecule has 1 unspecified atom stereocenters. The summed E-state index contributed by atoms with van der Waals surface area (Å²) in [6, 6.07) is 0. The number of carboxylic acid groups (broad SMARTS) is 1. The molecule has 0 aliphatic heterocycles. The minimum absolute atomic E-state index is 0.0817. The summed E-state index contributed by atoms with van der Waals surface area (Å²) in [4.78, 5) is 10.5. The van der Waals surface area contributed by atoms with Crippen LogP contribution in [0.1, 0.15) is 66.2 Å². The van der Waals surface area contributed by atoms with Gasteiger partial charge in [-0.15, -0.1) is 0 Å². The molecule has 16 heavy (non-hydrogen) atoms. The van der Waals surface area contributed by atoms with Crippen molar-refractivity contribution in [1.29, 1.82) is 0 Å². The van der Waals surface area contributed by atoms with Crippen molar-refractivity contribution >= 4 is 5.97 Å². The first kappa shape index (κ1) is 15.4. The first-order valence-electron chi connectivity index (χ1n) is 6.27.